The van der Waals surface area contributed by atoms with E-state index in [4.69, 9.17) is 15.7 Å². The molecule has 2 nitrogen and oxygen atoms in total. The molecule has 40 heavy (non-hydrogen) atoms. The number of aromatic nitrogens is 1. The minimum absolute atomic E-state index is 0.0139. The lowest BCUT2D eigenvalue weighted by atomic mass is 9.92. The normalized spacial score (nSPS) is 15.3. The van der Waals surface area contributed by atoms with Crippen molar-refractivity contribution >= 4 is 43.4 Å². The van der Waals surface area contributed by atoms with Crippen molar-refractivity contribution in [1.82, 2.24) is 4.57 Å². The van der Waals surface area contributed by atoms with Gasteiger partial charge in [-0.1, -0.05) is 103 Å². The maximum absolute atomic E-state index is 9.50. The van der Waals surface area contributed by atoms with E-state index < -0.39 is 36.3 Å². The fourth-order valence-electron chi connectivity index (χ4n) is 5.88. The molecule has 0 N–H and O–H groups in total. The zero-order valence-electron chi connectivity index (χ0n) is 29.9. The van der Waals surface area contributed by atoms with Gasteiger partial charge in [0.05, 0.1) is 23.4 Å². The first-order valence-corrected chi connectivity index (χ1v) is 13.0. The Bertz CT molecular complexity index is 2780. The summed E-state index contributed by atoms with van der Waals surface area (Å²) in [6.45, 7) is 0. The summed E-state index contributed by atoms with van der Waals surface area (Å²) in [5, 5.41) is 4.04. The number of benzene rings is 7. The first-order chi connectivity index (χ1) is 23.6. The van der Waals surface area contributed by atoms with Gasteiger partial charge in [-0.2, -0.15) is 0 Å². The molecule has 0 fully saturated rings. The lowest BCUT2D eigenvalue weighted by Gasteiger charge is -2.22. The number of hydrogen-bond donors (Lipinski definition) is 0. The van der Waals surface area contributed by atoms with E-state index in [0.29, 0.717) is 5.56 Å². The van der Waals surface area contributed by atoms with E-state index in [-0.39, 0.29) is 57.1 Å². The number of ether oxygens (including phenoxy) is 1. The molecule has 7 aromatic carbocycles. The highest BCUT2D eigenvalue weighted by Gasteiger charge is 2.21. The van der Waals surface area contributed by atoms with Crippen LogP contribution in [-0.2, 0) is 0 Å². The summed E-state index contributed by atoms with van der Waals surface area (Å²) in [6.07, 6.45) is 0. The summed E-state index contributed by atoms with van der Waals surface area (Å²) in [6, 6.07) is 24.3. The largest absolute Gasteiger partial charge is 0.456 e. The molecule has 0 amide bonds. The van der Waals surface area contributed by atoms with Gasteiger partial charge >= 0.3 is 0 Å². The van der Waals surface area contributed by atoms with Gasteiger partial charge in [0.15, 0.2) is 0 Å². The molecule has 0 spiro atoms. The second-order valence-electron chi connectivity index (χ2n) is 9.85. The third-order valence-electron chi connectivity index (χ3n) is 7.65. The maximum atomic E-state index is 9.50. The van der Waals surface area contributed by atoms with Crippen molar-refractivity contribution in [3.8, 4) is 39.4 Å². The summed E-state index contributed by atoms with van der Waals surface area (Å²) in [4.78, 5) is 0. The Hall–Kier alpha value is -5.34. The molecule has 0 atom stereocenters. The molecule has 186 valence electrons. The van der Waals surface area contributed by atoms with Crippen molar-refractivity contribution in [2.45, 2.75) is 0 Å². The molecule has 0 saturated heterocycles. The van der Waals surface area contributed by atoms with Crippen LogP contribution in [0.25, 0.3) is 71.3 Å². The molecule has 8 aromatic rings. The fraction of sp³-hybridized carbons (Fsp3) is 0. The predicted octanol–water partition coefficient (Wildman–Crippen LogP) is 10.5. The first kappa shape index (κ1) is 14.7. The molecule has 0 saturated carbocycles. The number of fused-ring (bicyclic) bond motifs is 7. The monoisotopic (exact) mass is 518 g/mol. The van der Waals surface area contributed by atoms with Crippen LogP contribution in [0.15, 0.2) is 139 Å². The van der Waals surface area contributed by atoms with Crippen LogP contribution < -0.4 is 4.74 Å². The van der Waals surface area contributed by atoms with Crippen LogP contribution in [0.5, 0.6) is 11.5 Å². The number of hydrogen-bond acceptors (Lipinski definition) is 1. The summed E-state index contributed by atoms with van der Waals surface area (Å²) in [5.74, 6) is -0.448. The van der Waals surface area contributed by atoms with Crippen LogP contribution in [0.2, 0.25) is 0 Å². The molecule has 1 aromatic heterocycles. The molecule has 9 rings (SSSR count). The Morgan fingerprint density at radius 2 is 1.40 bits per heavy atom. The van der Waals surface area contributed by atoms with Crippen LogP contribution >= 0.6 is 0 Å². The van der Waals surface area contributed by atoms with Crippen molar-refractivity contribution in [2.75, 3.05) is 0 Å². The second-order valence-corrected chi connectivity index (χ2v) is 9.85. The van der Waals surface area contributed by atoms with Crippen LogP contribution in [0, 0.1) is 0 Å². The maximum Gasteiger partial charge on any atom is 0.135 e. The van der Waals surface area contributed by atoms with Gasteiger partial charge in [0.25, 0.3) is 0 Å². The van der Waals surface area contributed by atoms with E-state index in [1.807, 2.05) is 60.7 Å². The Morgan fingerprint density at radius 3 is 2.33 bits per heavy atom. The van der Waals surface area contributed by atoms with Gasteiger partial charge in [-0.3, -0.25) is 0 Å². The molecule has 0 aliphatic carbocycles. The van der Waals surface area contributed by atoms with E-state index in [2.05, 4.69) is 28.8 Å². The van der Waals surface area contributed by atoms with E-state index >= 15 is 0 Å². The minimum atomic E-state index is -0.516. The molecule has 0 radical (unpaired) electrons. The second kappa shape index (κ2) is 8.08. The van der Waals surface area contributed by atoms with E-state index in [9.17, 15) is 1.37 Å². The van der Waals surface area contributed by atoms with Crippen molar-refractivity contribution in [3.63, 3.8) is 0 Å². The average molecular weight is 519 g/mol. The van der Waals surface area contributed by atoms with Crippen LogP contribution in [-0.4, -0.2) is 4.57 Å². The quantitative estimate of drug-likeness (QED) is 0.222. The topological polar surface area (TPSA) is 14.2 Å². The molecule has 1 aliphatic rings. The molecule has 2 heteroatoms. The van der Waals surface area contributed by atoms with E-state index in [0.717, 1.165) is 38.3 Å². The molecule has 0 unspecified atom stereocenters. The van der Waals surface area contributed by atoms with E-state index in [1.165, 1.54) is 0 Å². The summed E-state index contributed by atoms with van der Waals surface area (Å²) in [7, 11) is 0. The van der Waals surface area contributed by atoms with Gasteiger partial charge < -0.3 is 9.30 Å². The number of para-hydroxylation sites is 1. The van der Waals surface area contributed by atoms with Gasteiger partial charge in [0.2, 0.25) is 0 Å². The van der Waals surface area contributed by atoms with Crippen molar-refractivity contribution < 1.29 is 17.1 Å². The Balaban J connectivity index is 1.40. The van der Waals surface area contributed by atoms with Crippen LogP contribution in [0.1, 0.15) is 12.3 Å². The third-order valence-corrected chi connectivity index (χ3v) is 7.65. The van der Waals surface area contributed by atoms with Gasteiger partial charge in [-0.25, -0.2) is 0 Å². The smallest absolute Gasteiger partial charge is 0.135 e. The molecule has 2 heterocycles. The standard InChI is InChI=1S/C38H23NO/c1-2-11-28(12-3-1)39-34-23-27(17-19-30(34)32-20-16-24-8-4-5-13-29(24)38(32)39)26-18-21-35-33(22-26)31-14-6-9-25-10-7-15-36(40-35)37(25)31/h1-23H/i6D,7D,9D,10D,14D,15D,18D,21D,22D. The highest BCUT2D eigenvalue weighted by atomic mass is 16.5. The van der Waals surface area contributed by atoms with Crippen molar-refractivity contribution in [1.29, 1.82) is 0 Å². The number of rotatable bonds is 2. The number of nitrogens with zero attached hydrogens (tertiary/aromatic N) is 1. The highest BCUT2D eigenvalue weighted by Crippen LogP contribution is 2.47. The Morgan fingerprint density at radius 1 is 0.575 bits per heavy atom. The Labute approximate surface area is 244 Å². The first-order valence-electron chi connectivity index (χ1n) is 17.5. The molecular formula is C38H23NO. The molecule has 1 aliphatic heterocycles. The highest BCUT2D eigenvalue weighted by molar-refractivity contribution is 6.19. The average Bonchev–Trinajstić information content (AvgIpc) is 3.46. The Kier molecular flexibility index (Phi) is 2.97. The SMILES string of the molecule is [2H]c1c([2H])c(-c2ccc3c4ccc5ccccc5c4n(-c4ccccc4)c3c2)c([2H])c2c1Oc1c([2H])c([2H])c([2H])c3c([2H])c([2H])c([2H])c-2c13. The zero-order valence-corrected chi connectivity index (χ0v) is 20.9. The van der Waals surface area contributed by atoms with Crippen molar-refractivity contribution in [2.24, 2.45) is 0 Å². The van der Waals surface area contributed by atoms with Crippen LogP contribution in [0.4, 0.5) is 0 Å². The van der Waals surface area contributed by atoms with Gasteiger partial charge in [0, 0.05) is 32.8 Å². The summed E-state index contributed by atoms with van der Waals surface area (Å²) >= 11 is 0. The summed E-state index contributed by atoms with van der Waals surface area (Å²) in [5.41, 5.74) is 3.35. The minimum Gasteiger partial charge on any atom is -0.456 e. The van der Waals surface area contributed by atoms with E-state index in [1.54, 1.807) is 0 Å². The molecular weight excluding hydrogens is 486 g/mol. The zero-order chi connectivity index (χ0) is 34.0. The lowest BCUT2D eigenvalue weighted by Crippen LogP contribution is -1.97. The predicted molar refractivity (Wildman–Crippen MR) is 167 cm³/mol. The fourth-order valence-corrected chi connectivity index (χ4v) is 5.88. The summed E-state index contributed by atoms with van der Waals surface area (Å²) < 4.78 is 87.3. The van der Waals surface area contributed by atoms with Crippen molar-refractivity contribution in [3.05, 3.63) is 139 Å². The third kappa shape index (κ3) is 2.99. The van der Waals surface area contributed by atoms with Gasteiger partial charge in [-0.05, 0) is 63.8 Å². The lowest BCUT2D eigenvalue weighted by molar-refractivity contribution is 0.487. The van der Waals surface area contributed by atoms with Gasteiger partial charge in [0.1, 0.15) is 11.5 Å². The molecule has 0 bridgehead atoms. The van der Waals surface area contributed by atoms with Crippen LogP contribution in [0.3, 0.4) is 0 Å². The van der Waals surface area contributed by atoms with Gasteiger partial charge in [-0.15, -0.1) is 0 Å².